The van der Waals surface area contributed by atoms with Crippen molar-refractivity contribution in [3.05, 3.63) is 82.1 Å². The van der Waals surface area contributed by atoms with Crippen LogP contribution in [0.25, 0.3) is 0 Å². The number of hydrogen-bond acceptors (Lipinski definition) is 4. The topological polar surface area (TPSA) is 38.8 Å². The van der Waals surface area contributed by atoms with E-state index in [4.69, 9.17) is 9.47 Å². The van der Waals surface area contributed by atoms with Crippen LogP contribution in [0, 0.1) is 18.8 Å². The lowest BCUT2D eigenvalue weighted by molar-refractivity contribution is -0.217. The summed E-state index contributed by atoms with van der Waals surface area (Å²) < 4.78 is 93.1. The molecule has 1 aliphatic carbocycles. The zero-order valence-corrected chi connectivity index (χ0v) is 21.5. The van der Waals surface area contributed by atoms with Gasteiger partial charge < -0.3 is 14.4 Å². The first kappa shape index (κ1) is 27.7. The van der Waals surface area contributed by atoms with E-state index in [-0.39, 0.29) is 35.2 Å². The number of aryl methyl sites for hydroxylation is 1. The highest BCUT2D eigenvalue weighted by Crippen LogP contribution is 2.47. The predicted molar refractivity (Wildman–Crippen MR) is 130 cm³/mol. The van der Waals surface area contributed by atoms with Crippen LogP contribution >= 0.6 is 0 Å². The van der Waals surface area contributed by atoms with Gasteiger partial charge in [-0.1, -0.05) is 24.3 Å². The van der Waals surface area contributed by atoms with Gasteiger partial charge in [-0.15, -0.1) is 0 Å². The van der Waals surface area contributed by atoms with Gasteiger partial charge in [-0.3, -0.25) is 4.79 Å². The molecule has 2 heterocycles. The maximum absolute atomic E-state index is 13.5. The number of allylic oxidation sites excluding steroid dienone is 2. The summed E-state index contributed by atoms with van der Waals surface area (Å²) >= 11 is 0. The molecule has 2 aromatic rings. The first-order valence-corrected chi connectivity index (χ1v) is 12.9. The lowest BCUT2D eigenvalue weighted by atomic mass is 9.76. The molecule has 5 atom stereocenters. The standard InChI is InChI=1S/C29H29F6NO3/c1-16-5-3-4-6-24(16)26-25-14-36(22-7-8-23(37)12-22)13-19(25)15-38-27(26)39-17(2)18-9-20(28(30,31)32)11-21(10-18)29(33,34)35/h3-6,9-12,17,19,25-27H,7-8,13-15H2,1-2H3/t17-,19+,25?,26+,27?/m1/s1. The second-order valence-corrected chi connectivity index (χ2v) is 10.6. The van der Waals surface area contributed by atoms with E-state index in [9.17, 15) is 31.1 Å². The average molecular weight is 554 g/mol. The Labute approximate surface area is 222 Å². The van der Waals surface area contributed by atoms with Crippen molar-refractivity contribution in [2.75, 3.05) is 19.7 Å². The van der Waals surface area contributed by atoms with Crippen molar-refractivity contribution in [1.82, 2.24) is 4.90 Å². The third kappa shape index (κ3) is 5.72. The minimum Gasteiger partial charge on any atom is -0.374 e. The molecule has 39 heavy (non-hydrogen) atoms. The molecule has 3 aliphatic rings. The summed E-state index contributed by atoms with van der Waals surface area (Å²) in [5.41, 5.74) is -0.0493. The summed E-state index contributed by atoms with van der Waals surface area (Å²) in [6, 6.07) is 9.22. The Morgan fingerprint density at radius 2 is 1.64 bits per heavy atom. The van der Waals surface area contributed by atoms with E-state index in [1.807, 2.05) is 31.2 Å². The Kier molecular flexibility index (Phi) is 7.30. The van der Waals surface area contributed by atoms with E-state index in [1.54, 1.807) is 6.08 Å². The number of nitrogens with zero attached hydrogens (tertiary/aromatic N) is 1. The van der Waals surface area contributed by atoms with Gasteiger partial charge in [0.05, 0.1) is 23.8 Å². The minimum atomic E-state index is -4.95. The van der Waals surface area contributed by atoms with Gasteiger partial charge in [0, 0.05) is 43.1 Å². The van der Waals surface area contributed by atoms with Gasteiger partial charge >= 0.3 is 12.4 Å². The zero-order valence-electron chi connectivity index (χ0n) is 21.5. The zero-order chi connectivity index (χ0) is 28.1. The highest BCUT2D eigenvalue weighted by Gasteiger charge is 2.48. The smallest absolute Gasteiger partial charge is 0.374 e. The molecule has 2 aromatic carbocycles. The van der Waals surface area contributed by atoms with Gasteiger partial charge in [0.15, 0.2) is 12.1 Å². The highest BCUT2D eigenvalue weighted by atomic mass is 19.4. The van der Waals surface area contributed by atoms with Crippen molar-refractivity contribution < 1.29 is 40.6 Å². The van der Waals surface area contributed by atoms with Crippen molar-refractivity contribution in [3.8, 4) is 0 Å². The Balaban J connectivity index is 1.46. The summed E-state index contributed by atoms with van der Waals surface area (Å²) in [7, 11) is 0. The molecular weight excluding hydrogens is 524 g/mol. The van der Waals surface area contributed by atoms with Crippen molar-refractivity contribution >= 4 is 5.78 Å². The van der Waals surface area contributed by atoms with Crippen molar-refractivity contribution in [3.63, 3.8) is 0 Å². The number of fused-ring (bicyclic) bond motifs is 1. The molecule has 0 bridgehead atoms. The number of ether oxygens (including phenoxy) is 2. The van der Waals surface area contributed by atoms with Crippen LogP contribution in [0.4, 0.5) is 26.3 Å². The van der Waals surface area contributed by atoms with Crippen LogP contribution in [0.1, 0.15) is 59.6 Å². The Morgan fingerprint density at radius 1 is 0.974 bits per heavy atom. The van der Waals surface area contributed by atoms with Gasteiger partial charge in [-0.25, -0.2) is 0 Å². The van der Waals surface area contributed by atoms with E-state index in [0.29, 0.717) is 44.7 Å². The van der Waals surface area contributed by atoms with Gasteiger partial charge in [-0.2, -0.15) is 26.3 Å². The van der Waals surface area contributed by atoms with Crippen LogP contribution in [0.2, 0.25) is 0 Å². The van der Waals surface area contributed by atoms with Crippen LogP contribution in [0.3, 0.4) is 0 Å². The summed E-state index contributed by atoms with van der Waals surface area (Å²) in [5.74, 6) is -0.0171. The maximum Gasteiger partial charge on any atom is 0.416 e. The first-order valence-electron chi connectivity index (χ1n) is 12.9. The number of rotatable bonds is 5. The second kappa shape index (κ2) is 10.3. The lowest BCUT2D eigenvalue weighted by Crippen LogP contribution is -2.42. The summed E-state index contributed by atoms with van der Waals surface area (Å²) in [6.45, 7) is 5.08. The number of likely N-dealkylation sites (tertiary alicyclic amines) is 1. The largest absolute Gasteiger partial charge is 0.416 e. The second-order valence-electron chi connectivity index (χ2n) is 10.6. The number of halogens is 6. The van der Waals surface area contributed by atoms with E-state index < -0.39 is 35.9 Å². The molecule has 0 N–H and O–H groups in total. The molecule has 2 aliphatic heterocycles. The Morgan fingerprint density at radius 3 is 2.23 bits per heavy atom. The molecule has 210 valence electrons. The monoisotopic (exact) mass is 553 g/mol. The maximum atomic E-state index is 13.5. The molecule has 5 rings (SSSR count). The normalized spacial score (nSPS) is 26.5. The molecule has 10 heteroatoms. The van der Waals surface area contributed by atoms with E-state index >= 15 is 0 Å². The van der Waals surface area contributed by atoms with Crippen LogP contribution in [0.5, 0.6) is 0 Å². The third-order valence-electron chi connectivity index (χ3n) is 8.05. The van der Waals surface area contributed by atoms with Gasteiger partial charge in [-0.05, 0) is 61.1 Å². The van der Waals surface area contributed by atoms with E-state index in [2.05, 4.69) is 4.90 Å². The molecule has 0 saturated carbocycles. The van der Waals surface area contributed by atoms with Gasteiger partial charge in [0.1, 0.15) is 0 Å². The number of hydrogen-bond donors (Lipinski definition) is 0. The fraction of sp³-hybridized carbons (Fsp3) is 0.483. The number of carbonyl (C=O) groups excluding carboxylic acids is 1. The third-order valence-corrected chi connectivity index (χ3v) is 8.05. The summed E-state index contributed by atoms with van der Waals surface area (Å²) in [5, 5.41) is 0. The Bertz CT molecular complexity index is 1240. The van der Waals surface area contributed by atoms with Crippen molar-refractivity contribution in [2.24, 2.45) is 11.8 Å². The van der Waals surface area contributed by atoms with E-state index in [0.717, 1.165) is 16.8 Å². The summed E-state index contributed by atoms with van der Waals surface area (Å²) in [6.07, 6.45) is -9.03. The molecule has 2 fully saturated rings. The molecule has 0 radical (unpaired) electrons. The fourth-order valence-corrected chi connectivity index (χ4v) is 6.02. The van der Waals surface area contributed by atoms with Crippen molar-refractivity contribution in [1.29, 1.82) is 0 Å². The molecule has 2 unspecified atom stereocenters. The van der Waals surface area contributed by atoms with Gasteiger partial charge in [0.2, 0.25) is 0 Å². The van der Waals surface area contributed by atoms with Crippen molar-refractivity contribution in [2.45, 2.75) is 57.4 Å². The molecule has 0 amide bonds. The van der Waals surface area contributed by atoms with Crippen LogP contribution in [-0.4, -0.2) is 36.7 Å². The predicted octanol–water partition coefficient (Wildman–Crippen LogP) is 7.05. The average Bonchev–Trinajstić information content (AvgIpc) is 3.49. The molecule has 4 nitrogen and oxygen atoms in total. The highest BCUT2D eigenvalue weighted by molar-refractivity contribution is 5.92. The van der Waals surface area contributed by atoms with Gasteiger partial charge in [0.25, 0.3) is 0 Å². The lowest BCUT2D eigenvalue weighted by Gasteiger charge is -2.41. The summed E-state index contributed by atoms with van der Waals surface area (Å²) in [4.78, 5) is 14.0. The number of alkyl halides is 6. The fourth-order valence-electron chi connectivity index (χ4n) is 6.02. The van der Waals surface area contributed by atoms with Crippen LogP contribution < -0.4 is 0 Å². The number of ketones is 1. The SMILES string of the molecule is Cc1ccccc1[C@@H]1C(O[C@H](C)c2cc(C(F)(F)F)cc(C(F)(F)F)c2)OC[C@@H]2CN(C3=CC(=O)CC3)CC21. The van der Waals surface area contributed by atoms with Crippen LogP contribution in [0.15, 0.2) is 54.2 Å². The Hall–Kier alpha value is -2.85. The molecule has 0 aromatic heterocycles. The van der Waals surface area contributed by atoms with Crippen LogP contribution in [-0.2, 0) is 26.6 Å². The molecule has 2 saturated heterocycles. The quantitative estimate of drug-likeness (QED) is 0.372. The number of benzene rings is 2. The first-order chi connectivity index (χ1) is 18.3. The molecular formula is C29H29F6NO3. The van der Waals surface area contributed by atoms with E-state index in [1.165, 1.54) is 6.92 Å². The number of carbonyl (C=O) groups is 1. The minimum absolute atomic E-state index is 0.0564. The molecule has 0 spiro atoms.